The third kappa shape index (κ3) is 3.31. The molecule has 1 aromatic carbocycles. The third-order valence-corrected chi connectivity index (χ3v) is 4.55. The number of benzene rings is 1. The quantitative estimate of drug-likeness (QED) is 0.856. The molecule has 0 N–H and O–H groups in total. The van der Waals surface area contributed by atoms with E-state index in [1.807, 2.05) is 4.90 Å². The van der Waals surface area contributed by atoms with Gasteiger partial charge in [-0.05, 0) is 37.0 Å². The van der Waals surface area contributed by atoms with Gasteiger partial charge in [0, 0.05) is 13.7 Å². The van der Waals surface area contributed by atoms with Crippen molar-refractivity contribution in [1.29, 1.82) is 0 Å². The molecule has 120 valence electrons. The number of amides is 1. The van der Waals surface area contributed by atoms with E-state index >= 15 is 0 Å². The molecule has 2 aliphatic rings. The summed E-state index contributed by atoms with van der Waals surface area (Å²) in [5.74, 6) is -0.236. The maximum Gasteiger partial charge on any atom is 0.227 e. The molecule has 0 spiro atoms. The SMILES string of the molecule is COC[C@@H]1CC[C@H]2[C@H](CCN2C(=O)Cc2cccc(F)c2)O1. The molecule has 0 radical (unpaired) electrons. The van der Waals surface area contributed by atoms with E-state index in [0.717, 1.165) is 31.4 Å². The molecule has 0 aliphatic carbocycles. The summed E-state index contributed by atoms with van der Waals surface area (Å²) in [6, 6.07) is 6.42. The summed E-state index contributed by atoms with van der Waals surface area (Å²) in [5, 5.41) is 0. The van der Waals surface area contributed by atoms with Gasteiger partial charge in [0.2, 0.25) is 5.91 Å². The first-order chi connectivity index (χ1) is 10.7. The first-order valence-corrected chi connectivity index (χ1v) is 7.85. The molecule has 0 aromatic heterocycles. The molecule has 0 saturated carbocycles. The monoisotopic (exact) mass is 307 g/mol. The van der Waals surface area contributed by atoms with Crippen LogP contribution in [0.4, 0.5) is 4.39 Å². The average molecular weight is 307 g/mol. The highest BCUT2D eigenvalue weighted by Crippen LogP contribution is 2.32. The number of ether oxygens (including phenoxy) is 2. The lowest BCUT2D eigenvalue weighted by atomic mass is 9.99. The highest BCUT2D eigenvalue weighted by molar-refractivity contribution is 5.79. The summed E-state index contributed by atoms with van der Waals surface area (Å²) in [5.41, 5.74) is 0.724. The van der Waals surface area contributed by atoms with Crippen molar-refractivity contribution in [2.45, 2.75) is 43.9 Å². The number of halogens is 1. The molecular formula is C17H22FNO3. The summed E-state index contributed by atoms with van der Waals surface area (Å²) in [7, 11) is 1.68. The number of hydrogen-bond donors (Lipinski definition) is 0. The summed E-state index contributed by atoms with van der Waals surface area (Å²) >= 11 is 0. The molecule has 0 bridgehead atoms. The second-order valence-corrected chi connectivity index (χ2v) is 6.08. The van der Waals surface area contributed by atoms with Crippen LogP contribution in [0.3, 0.4) is 0 Å². The van der Waals surface area contributed by atoms with Gasteiger partial charge in [-0.1, -0.05) is 12.1 Å². The van der Waals surface area contributed by atoms with Crippen LogP contribution in [-0.2, 0) is 20.7 Å². The van der Waals surface area contributed by atoms with Gasteiger partial charge in [0.1, 0.15) is 5.82 Å². The molecule has 3 atom stereocenters. The lowest BCUT2D eigenvalue weighted by molar-refractivity contribution is -0.137. The number of likely N-dealkylation sites (tertiary alicyclic amines) is 1. The van der Waals surface area contributed by atoms with E-state index in [1.165, 1.54) is 12.1 Å². The predicted octanol–water partition coefficient (Wildman–Crippen LogP) is 2.16. The van der Waals surface area contributed by atoms with Gasteiger partial charge in [0.25, 0.3) is 0 Å². The van der Waals surface area contributed by atoms with Crippen molar-refractivity contribution in [2.24, 2.45) is 0 Å². The Bertz CT molecular complexity index is 536. The fraction of sp³-hybridized carbons (Fsp3) is 0.588. The van der Waals surface area contributed by atoms with Crippen molar-refractivity contribution in [2.75, 3.05) is 20.3 Å². The fourth-order valence-electron chi connectivity index (χ4n) is 3.54. The number of rotatable bonds is 4. The Morgan fingerprint density at radius 2 is 2.27 bits per heavy atom. The van der Waals surface area contributed by atoms with Crippen LogP contribution in [0.2, 0.25) is 0 Å². The minimum Gasteiger partial charge on any atom is -0.382 e. The van der Waals surface area contributed by atoms with E-state index in [2.05, 4.69) is 0 Å². The number of methoxy groups -OCH3 is 1. The fourth-order valence-corrected chi connectivity index (χ4v) is 3.54. The van der Waals surface area contributed by atoms with Crippen LogP contribution >= 0.6 is 0 Å². The smallest absolute Gasteiger partial charge is 0.227 e. The van der Waals surface area contributed by atoms with Crippen LogP contribution in [0.1, 0.15) is 24.8 Å². The number of fused-ring (bicyclic) bond motifs is 1. The van der Waals surface area contributed by atoms with Crippen LogP contribution in [0.5, 0.6) is 0 Å². The molecule has 1 amide bonds. The Hall–Kier alpha value is -1.46. The number of nitrogens with zero attached hydrogens (tertiary/aromatic N) is 1. The Morgan fingerprint density at radius 1 is 1.41 bits per heavy atom. The van der Waals surface area contributed by atoms with Gasteiger partial charge in [-0.25, -0.2) is 4.39 Å². The Kier molecular flexibility index (Phi) is 4.74. The summed E-state index contributed by atoms with van der Waals surface area (Å²) in [6.07, 6.45) is 3.25. The van der Waals surface area contributed by atoms with E-state index in [-0.39, 0.29) is 36.4 Å². The van der Waals surface area contributed by atoms with Crippen LogP contribution in [0.25, 0.3) is 0 Å². The summed E-state index contributed by atoms with van der Waals surface area (Å²) < 4.78 is 24.4. The average Bonchev–Trinajstić information content (AvgIpc) is 2.91. The van der Waals surface area contributed by atoms with Crippen molar-refractivity contribution in [3.63, 3.8) is 0 Å². The molecule has 0 unspecified atom stereocenters. The zero-order valence-corrected chi connectivity index (χ0v) is 12.8. The predicted molar refractivity (Wildman–Crippen MR) is 80.0 cm³/mol. The van der Waals surface area contributed by atoms with Gasteiger partial charge in [0.05, 0.1) is 31.3 Å². The second kappa shape index (κ2) is 6.75. The molecule has 2 heterocycles. The second-order valence-electron chi connectivity index (χ2n) is 6.08. The number of carbonyl (C=O) groups excluding carboxylic acids is 1. The summed E-state index contributed by atoms with van der Waals surface area (Å²) in [4.78, 5) is 14.4. The van der Waals surface area contributed by atoms with Crippen molar-refractivity contribution in [3.8, 4) is 0 Å². The molecule has 5 heteroatoms. The van der Waals surface area contributed by atoms with Crippen LogP contribution < -0.4 is 0 Å². The van der Waals surface area contributed by atoms with Gasteiger partial charge in [-0.15, -0.1) is 0 Å². The molecule has 2 fully saturated rings. The van der Waals surface area contributed by atoms with Crippen LogP contribution in [0.15, 0.2) is 24.3 Å². The minimum absolute atomic E-state index is 0.0619. The van der Waals surface area contributed by atoms with Crippen LogP contribution in [-0.4, -0.2) is 49.3 Å². The van der Waals surface area contributed by atoms with E-state index in [9.17, 15) is 9.18 Å². The Morgan fingerprint density at radius 3 is 3.05 bits per heavy atom. The lowest BCUT2D eigenvalue weighted by Crippen LogP contribution is -2.46. The van der Waals surface area contributed by atoms with Crippen molar-refractivity contribution >= 4 is 5.91 Å². The topological polar surface area (TPSA) is 38.8 Å². The first kappa shape index (κ1) is 15.4. The van der Waals surface area contributed by atoms with Gasteiger partial charge >= 0.3 is 0 Å². The zero-order chi connectivity index (χ0) is 15.5. The molecule has 1 aromatic rings. The van der Waals surface area contributed by atoms with Crippen LogP contribution in [0, 0.1) is 5.82 Å². The highest BCUT2D eigenvalue weighted by atomic mass is 19.1. The van der Waals surface area contributed by atoms with Crippen molar-refractivity contribution in [3.05, 3.63) is 35.6 Å². The van der Waals surface area contributed by atoms with E-state index in [1.54, 1.807) is 19.2 Å². The molecule has 3 rings (SSSR count). The maximum absolute atomic E-state index is 13.2. The maximum atomic E-state index is 13.2. The molecule has 4 nitrogen and oxygen atoms in total. The van der Waals surface area contributed by atoms with E-state index in [0.29, 0.717) is 6.61 Å². The number of carbonyl (C=O) groups is 1. The highest BCUT2D eigenvalue weighted by Gasteiger charge is 2.41. The molecule has 2 saturated heterocycles. The van der Waals surface area contributed by atoms with Gasteiger partial charge in [-0.3, -0.25) is 4.79 Å². The van der Waals surface area contributed by atoms with Gasteiger partial charge in [0.15, 0.2) is 0 Å². The van der Waals surface area contributed by atoms with Crippen molar-refractivity contribution in [1.82, 2.24) is 4.90 Å². The molecular weight excluding hydrogens is 285 g/mol. The lowest BCUT2D eigenvalue weighted by Gasteiger charge is -2.35. The van der Waals surface area contributed by atoms with Gasteiger partial charge < -0.3 is 14.4 Å². The van der Waals surface area contributed by atoms with E-state index < -0.39 is 0 Å². The summed E-state index contributed by atoms with van der Waals surface area (Å²) in [6.45, 7) is 1.34. The largest absolute Gasteiger partial charge is 0.382 e. The normalized spacial score (nSPS) is 27.7. The number of hydrogen-bond acceptors (Lipinski definition) is 3. The van der Waals surface area contributed by atoms with E-state index in [4.69, 9.17) is 9.47 Å². The Labute approximate surface area is 130 Å². The van der Waals surface area contributed by atoms with Gasteiger partial charge in [-0.2, -0.15) is 0 Å². The Balaban J connectivity index is 1.60. The minimum atomic E-state index is -0.298. The van der Waals surface area contributed by atoms with Crippen molar-refractivity contribution < 1.29 is 18.7 Å². The molecule has 2 aliphatic heterocycles. The molecule has 22 heavy (non-hydrogen) atoms. The first-order valence-electron chi connectivity index (χ1n) is 7.85. The standard InChI is InChI=1S/C17H22FNO3/c1-21-11-14-5-6-15-16(22-14)7-8-19(15)17(20)10-12-3-2-4-13(18)9-12/h2-4,9,14-16H,5-8,10-11H2,1H3/t14-,15-,16-/m0/s1. The third-order valence-electron chi connectivity index (χ3n) is 4.55. The zero-order valence-electron chi connectivity index (χ0n) is 12.8.